The van der Waals surface area contributed by atoms with Crippen LogP contribution in [0.1, 0.15) is 21.5 Å². The third-order valence-electron chi connectivity index (χ3n) is 2.94. The molecule has 3 nitrogen and oxygen atoms in total. The zero-order valence-corrected chi connectivity index (χ0v) is 11.0. The molecule has 2 aromatic rings. The Morgan fingerprint density at radius 3 is 2.68 bits per heavy atom. The smallest absolute Gasteiger partial charge is 0.340 e. The van der Waals surface area contributed by atoms with Gasteiger partial charge in [-0.1, -0.05) is 17.7 Å². The average Bonchev–Trinajstić information content (AvgIpc) is 2.41. The minimum absolute atomic E-state index is 0.103. The van der Waals surface area contributed by atoms with Gasteiger partial charge in [0, 0.05) is 11.8 Å². The molecule has 0 aliphatic rings. The Hall–Kier alpha value is -2.23. The third-order valence-corrected chi connectivity index (χ3v) is 2.94. The first-order valence-electron chi connectivity index (χ1n) is 5.85. The molecule has 0 fully saturated rings. The Morgan fingerprint density at radius 1 is 1.26 bits per heavy atom. The lowest BCUT2D eigenvalue weighted by molar-refractivity contribution is 0.0595. The van der Waals surface area contributed by atoms with Gasteiger partial charge in [0.25, 0.3) is 0 Å². The number of carbonyl (C=O) groups is 1. The Morgan fingerprint density at radius 2 is 2.00 bits per heavy atom. The number of aromatic nitrogens is 1. The van der Waals surface area contributed by atoms with Crippen LogP contribution in [0.5, 0.6) is 0 Å². The number of ether oxygens (including phenoxy) is 1. The molecule has 0 aliphatic carbocycles. The standard InChI is InChI=1S/C15H14FNO2/c1-9-4-5-10(2)12(8-9)14-13(16)11(6-7-17-14)15(18)19-3/h4-8H,1-3H3. The molecule has 0 amide bonds. The zero-order chi connectivity index (χ0) is 14.0. The summed E-state index contributed by atoms with van der Waals surface area (Å²) in [6.45, 7) is 3.80. The maximum Gasteiger partial charge on any atom is 0.340 e. The lowest BCUT2D eigenvalue weighted by atomic mass is 10.0. The molecule has 0 saturated carbocycles. The van der Waals surface area contributed by atoms with Crippen LogP contribution in [0.3, 0.4) is 0 Å². The van der Waals surface area contributed by atoms with E-state index < -0.39 is 11.8 Å². The summed E-state index contributed by atoms with van der Waals surface area (Å²) in [4.78, 5) is 15.5. The maximum absolute atomic E-state index is 14.3. The highest BCUT2D eigenvalue weighted by Crippen LogP contribution is 2.26. The molecule has 0 atom stereocenters. The zero-order valence-electron chi connectivity index (χ0n) is 11.0. The number of hydrogen-bond donors (Lipinski definition) is 0. The van der Waals surface area contributed by atoms with Crippen LogP contribution in [-0.4, -0.2) is 18.1 Å². The first kappa shape index (κ1) is 13.2. The van der Waals surface area contributed by atoms with Crippen molar-refractivity contribution in [2.24, 2.45) is 0 Å². The van der Waals surface area contributed by atoms with Crippen LogP contribution >= 0.6 is 0 Å². The summed E-state index contributed by atoms with van der Waals surface area (Å²) < 4.78 is 18.9. The fourth-order valence-corrected chi connectivity index (χ4v) is 1.89. The average molecular weight is 259 g/mol. The van der Waals surface area contributed by atoms with Gasteiger partial charge in [-0.25, -0.2) is 9.18 Å². The highest BCUT2D eigenvalue weighted by molar-refractivity contribution is 5.91. The van der Waals surface area contributed by atoms with Gasteiger partial charge in [-0.05, 0) is 31.5 Å². The van der Waals surface area contributed by atoms with Crippen LogP contribution in [0.4, 0.5) is 4.39 Å². The van der Waals surface area contributed by atoms with E-state index in [9.17, 15) is 9.18 Å². The Kier molecular flexibility index (Phi) is 3.60. The molecular formula is C15H14FNO2. The van der Waals surface area contributed by atoms with E-state index in [1.54, 1.807) is 0 Å². The van der Waals surface area contributed by atoms with E-state index in [0.717, 1.165) is 11.1 Å². The van der Waals surface area contributed by atoms with E-state index in [1.165, 1.54) is 19.4 Å². The van der Waals surface area contributed by atoms with Gasteiger partial charge in [-0.15, -0.1) is 0 Å². The van der Waals surface area contributed by atoms with Crippen molar-refractivity contribution in [2.75, 3.05) is 7.11 Å². The predicted molar refractivity (Wildman–Crippen MR) is 70.4 cm³/mol. The number of pyridine rings is 1. The van der Waals surface area contributed by atoms with Crippen molar-refractivity contribution in [3.05, 3.63) is 53.0 Å². The number of nitrogens with zero attached hydrogens (tertiary/aromatic N) is 1. The molecule has 1 heterocycles. The van der Waals surface area contributed by atoms with Crippen LogP contribution in [-0.2, 0) is 4.74 Å². The van der Waals surface area contributed by atoms with Gasteiger partial charge in [0.05, 0.1) is 12.7 Å². The van der Waals surface area contributed by atoms with E-state index in [-0.39, 0.29) is 11.3 Å². The highest BCUT2D eigenvalue weighted by atomic mass is 19.1. The predicted octanol–water partition coefficient (Wildman–Crippen LogP) is 3.29. The molecule has 4 heteroatoms. The van der Waals surface area contributed by atoms with Crippen LogP contribution in [0.25, 0.3) is 11.3 Å². The second-order valence-corrected chi connectivity index (χ2v) is 4.33. The van der Waals surface area contributed by atoms with Crippen molar-refractivity contribution in [2.45, 2.75) is 13.8 Å². The van der Waals surface area contributed by atoms with Crippen LogP contribution in [0.15, 0.2) is 30.5 Å². The second kappa shape index (κ2) is 5.18. The minimum Gasteiger partial charge on any atom is -0.465 e. The Balaban J connectivity index is 2.63. The maximum atomic E-state index is 14.3. The molecule has 1 aromatic heterocycles. The van der Waals surface area contributed by atoms with Gasteiger partial charge in [0.1, 0.15) is 5.69 Å². The lowest BCUT2D eigenvalue weighted by Crippen LogP contribution is -2.06. The number of carbonyl (C=O) groups excluding carboxylic acids is 1. The quantitative estimate of drug-likeness (QED) is 0.777. The van der Waals surface area contributed by atoms with Crippen molar-refractivity contribution >= 4 is 5.97 Å². The molecule has 0 radical (unpaired) electrons. The van der Waals surface area contributed by atoms with E-state index in [2.05, 4.69) is 9.72 Å². The molecule has 0 unspecified atom stereocenters. The summed E-state index contributed by atoms with van der Waals surface area (Å²) in [6, 6.07) is 7.01. The largest absolute Gasteiger partial charge is 0.465 e. The van der Waals surface area contributed by atoms with Crippen molar-refractivity contribution in [3.63, 3.8) is 0 Å². The molecule has 0 aliphatic heterocycles. The molecule has 0 spiro atoms. The molecule has 0 N–H and O–H groups in total. The van der Waals surface area contributed by atoms with E-state index in [1.807, 2.05) is 32.0 Å². The van der Waals surface area contributed by atoms with E-state index >= 15 is 0 Å². The summed E-state index contributed by atoms with van der Waals surface area (Å²) >= 11 is 0. The van der Waals surface area contributed by atoms with Gasteiger partial charge in [0.15, 0.2) is 5.82 Å². The van der Waals surface area contributed by atoms with E-state index in [0.29, 0.717) is 5.56 Å². The normalized spacial score (nSPS) is 10.3. The topological polar surface area (TPSA) is 39.2 Å². The van der Waals surface area contributed by atoms with Gasteiger partial charge < -0.3 is 4.74 Å². The summed E-state index contributed by atoms with van der Waals surface area (Å²) in [7, 11) is 1.22. The SMILES string of the molecule is COC(=O)c1ccnc(-c2cc(C)ccc2C)c1F. The minimum atomic E-state index is -0.702. The number of benzene rings is 1. The van der Waals surface area contributed by atoms with Gasteiger partial charge in [-0.2, -0.15) is 0 Å². The Bertz CT molecular complexity index is 638. The monoisotopic (exact) mass is 259 g/mol. The third kappa shape index (κ3) is 2.47. The number of esters is 1. The number of halogens is 1. The molecule has 1 aromatic carbocycles. The molecule has 19 heavy (non-hydrogen) atoms. The molecule has 0 bridgehead atoms. The molecular weight excluding hydrogens is 245 g/mol. The van der Waals surface area contributed by atoms with Crippen LogP contribution < -0.4 is 0 Å². The molecule has 2 rings (SSSR count). The summed E-state index contributed by atoms with van der Waals surface area (Å²) in [5.74, 6) is -1.35. The van der Waals surface area contributed by atoms with Crippen molar-refractivity contribution < 1.29 is 13.9 Å². The van der Waals surface area contributed by atoms with Crippen LogP contribution in [0.2, 0.25) is 0 Å². The van der Waals surface area contributed by atoms with Crippen LogP contribution in [0, 0.1) is 19.7 Å². The number of hydrogen-bond acceptors (Lipinski definition) is 3. The fourth-order valence-electron chi connectivity index (χ4n) is 1.89. The fraction of sp³-hybridized carbons (Fsp3) is 0.200. The first-order valence-corrected chi connectivity index (χ1v) is 5.85. The van der Waals surface area contributed by atoms with Gasteiger partial charge >= 0.3 is 5.97 Å². The number of methoxy groups -OCH3 is 1. The first-order chi connectivity index (χ1) is 9.04. The number of rotatable bonds is 2. The van der Waals surface area contributed by atoms with Gasteiger partial charge in [0.2, 0.25) is 0 Å². The van der Waals surface area contributed by atoms with Crippen molar-refractivity contribution in [1.29, 1.82) is 0 Å². The summed E-state index contributed by atoms with van der Waals surface area (Å²) in [5.41, 5.74) is 2.66. The Labute approximate surface area is 111 Å². The summed E-state index contributed by atoms with van der Waals surface area (Å²) in [6.07, 6.45) is 1.41. The molecule has 98 valence electrons. The highest BCUT2D eigenvalue weighted by Gasteiger charge is 2.18. The van der Waals surface area contributed by atoms with E-state index in [4.69, 9.17) is 0 Å². The summed E-state index contributed by atoms with van der Waals surface area (Å²) in [5, 5.41) is 0. The molecule has 0 saturated heterocycles. The van der Waals surface area contributed by atoms with Crippen molar-refractivity contribution in [3.8, 4) is 11.3 Å². The van der Waals surface area contributed by atoms with Gasteiger partial charge in [-0.3, -0.25) is 4.98 Å². The lowest BCUT2D eigenvalue weighted by Gasteiger charge is -2.09. The van der Waals surface area contributed by atoms with Crippen molar-refractivity contribution in [1.82, 2.24) is 4.98 Å². The second-order valence-electron chi connectivity index (χ2n) is 4.33. The number of aryl methyl sites for hydroxylation is 2.